The van der Waals surface area contributed by atoms with Crippen LogP contribution in [0.4, 0.5) is 0 Å². The molecule has 1 aliphatic rings. The standard InChI is InChI=1S/C14H27N3O.HI/c1-3-4-5-9-16-14(15-2)17-10-6-13-7-11-18-12-8-13;/h7H,3-6,8-12H2,1-2H3,(H2,15,16,17);1H. The van der Waals surface area contributed by atoms with Crippen molar-refractivity contribution in [2.45, 2.75) is 39.0 Å². The monoisotopic (exact) mass is 381 g/mol. The molecule has 1 rings (SSSR count). The lowest BCUT2D eigenvalue weighted by atomic mass is 10.1. The third-order valence-electron chi connectivity index (χ3n) is 3.09. The van der Waals surface area contributed by atoms with Crippen LogP contribution in [0, 0.1) is 0 Å². The van der Waals surface area contributed by atoms with E-state index >= 15 is 0 Å². The number of guanidine groups is 1. The second kappa shape index (κ2) is 12.7. The summed E-state index contributed by atoms with van der Waals surface area (Å²) in [6, 6.07) is 0. The van der Waals surface area contributed by atoms with Gasteiger partial charge in [-0.05, 0) is 19.3 Å². The SMILES string of the molecule is CCCCCNC(=NC)NCCC1=CCOCC1.I. The molecule has 0 atom stereocenters. The molecule has 0 aliphatic carbocycles. The maximum Gasteiger partial charge on any atom is 0.190 e. The van der Waals surface area contributed by atoms with Crippen LogP contribution in [0.15, 0.2) is 16.6 Å². The lowest BCUT2D eigenvalue weighted by molar-refractivity contribution is 0.153. The van der Waals surface area contributed by atoms with Gasteiger partial charge in [0.05, 0.1) is 13.2 Å². The number of hydrogen-bond acceptors (Lipinski definition) is 2. The van der Waals surface area contributed by atoms with Gasteiger partial charge in [-0.3, -0.25) is 4.99 Å². The lowest BCUT2D eigenvalue weighted by Crippen LogP contribution is -2.38. The minimum absolute atomic E-state index is 0. The molecule has 0 aromatic heterocycles. The number of halogens is 1. The predicted octanol–water partition coefficient (Wildman–Crippen LogP) is 2.70. The first-order valence-corrected chi connectivity index (χ1v) is 7.07. The molecule has 1 aliphatic heterocycles. The molecular weight excluding hydrogens is 353 g/mol. The molecule has 0 unspecified atom stereocenters. The number of nitrogens with zero attached hydrogens (tertiary/aromatic N) is 1. The first kappa shape index (κ1) is 18.7. The predicted molar refractivity (Wildman–Crippen MR) is 92.4 cm³/mol. The number of hydrogen-bond donors (Lipinski definition) is 2. The zero-order valence-electron chi connectivity index (χ0n) is 12.2. The molecule has 0 radical (unpaired) electrons. The Morgan fingerprint density at radius 1 is 1.32 bits per heavy atom. The number of unbranched alkanes of at least 4 members (excludes halogenated alkanes) is 2. The second-order valence-corrected chi connectivity index (χ2v) is 4.57. The van der Waals surface area contributed by atoms with Crippen molar-refractivity contribution < 1.29 is 4.74 Å². The normalized spacial score (nSPS) is 15.5. The lowest BCUT2D eigenvalue weighted by Gasteiger charge is -2.15. The number of ether oxygens (including phenoxy) is 1. The van der Waals surface area contributed by atoms with Gasteiger partial charge in [0.2, 0.25) is 0 Å². The second-order valence-electron chi connectivity index (χ2n) is 4.57. The van der Waals surface area contributed by atoms with Crippen LogP contribution in [0.1, 0.15) is 39.0 Å². The topological polar surface area (TPSA) is 45.7 Å². The summed E-state index contributed by atoms with van der Waals surface area (Å²) in [6.45, 7) is 5.81. The van der Waals surface area contributed by atoms with Crippen LogP contribution in [-0.4, -0.2) is 39.3 Å². The van der Waals surface area contributed by atoms with Crippen molar-refractivity contribution in [3.05, 3.63) is 11.6 Å². The Bertz CT molecular complexity index is 280. The molecule has 2 N–H and O–H groups in total. The first-order chi connectivity index (χ1) is 8.86. The van der Waals surface area contributed by atoms with Crippen molar-refractivity contribution in [1.29, 1.82) is 0 Å². The molecule has 5 heteroatoms. The van der Waals surface area contributed by atoms with Crippen molar-refractivity contribution in [3.63, 3.8) is 0 Å². The largest absolute Gasteiger partial charge is 0.377 e. The molecular formula is C14H28IN3O. The van der Waals surface area contributed by atoms with Gasteiger partial charge in [0, 0.05) is 20.1 Å². The molecule has 0 aromatic carbocycles. The highest BCUT2D eigenvalue weighted by atomic mass is 127. The third kappa shape index (κ3) is 9.27. The van der Waals surface area contributed by atoms with Crippen LogP contribution in [0.5, 0.6) is 0 Å². The molecule has 1 heterocycles. The Kier molecular flexibility index (Phi) is 12.5. The van der Waals surface area contributed by atoms with Crippen LogP contribution >= 0.6 is 24.0 Å². The van der Waals surface area contributed by atoms with E-state index in [0.29, 0.717) is 0 Å². The number of nitrogens with one attached hydrogen (secondary N) is 2. The Balaban J connectivity index is 0.00000324. The van der Waals surface area contributed by atoms with Gasteiger partial charge < -0.3 is 15.4 Å². The summed E-state index contributed by atoms with van der Waals surface area (Å²) in [4.78, 5) is 4.22. The summed E-state index contributed by atoms with van der Waals surface area (Å²) in [5.74, 6) is 0.916. The minimum atomic E-state index is 0. The minimum Gasteiger partial charge on any atom is -0.377 e. The molecule has 0 bridgehead atoms. The van der Waals surface area contributed by atoms with E-state index in [1.54, 1.807) is 0 Å². The van der Waals surface area contributed by atoms with E-state index in [-0.39, 0.29) is 24.0 Å². The molecule has 112 valence electrons. The maximum atomic E-state index is 5.29. The van der Waals surface area contributed by atoms with E-state index in [4.69, 9.17) is 4.74 Å². The third-order valence-corrected chi connectivity index (χ3v) is 3.09. The maximum absolute atomic E-state index is 5.29. The molecule has 19 heavy (non-hydrogen) atoms. The van der Waals surface area contributed by atoms with E-state index in [1.165, 1.54) is 24.8 Å². The summed E-state index contributed by atoms with van der Waals surface area (Å²) in [6.07, 6.45) is 8.09. The quantitative estimate of drug-likeness (QED) is 0.234. The van der Waals surface area contributed by atoms with Gasteiger partial charge in [-0.2, -0.15) is 0 Å². The van der Waals surface area contributed by atoms with Crippen LogP contribution in [-0.2, 0) is 4.74 Å². The Hall–Kier alpha value is -0.300. The highest BCUT2D eigenvalue weighted by Crippen LogP contribution is 2.10. The van der Waals surface area contributed by atoms with Crippen molar-refractivity contribution in [2.75, 3.05) is 33.4 Å². The fourth-order valence-electron chi connectivity index (χ4n) is 1.94. The fraction of sp³-hybridized carbons (Fsp3) is 0.786. The van der Waals surface area contributed by atoms with E-state index in [0.717, 1.165) is 45.1 Å². The summed E-state index contributed by atoms with van der Waals surface area (Å²) >= 11 is 0. The Morgan fingerprint density at radius 2 is 2.11 bits per heavy atom. The summed E-state index contributed by atoms with van der Waals surface area (Å²) in [7, 11) is 1.82. The van der Waals surface area contributed by atoms with Crippen molar-refractivity contribution >= 4 is 29.9 Å². The van der Waals surface area contributed by atoms with Crippen LogP contribution in [0.2, 0.25) is 0 Å². The van der Waals surface area contributed by atoms with E-state index in [2.05, 4.69) is 28.6 Å². The average Bonchev–Trinajstić information content (AvgIpc) is 2.42. The van der Waals surface area contributed by atoms with Gasteiger partial charge in [-0.1, -0.05) is 31.4 Å². The van der Waals surface area contributed by atoms with E-state index < -0.39 is 0 Å². The van der Waals surface area contributed by atoms with Crippen LogP contribution in [0.3, 0.4) is 0 Å². The smallest absolute Gasteiger partial charge is 0.190 e. The van der Waals surface area contributed by atoms with Gasteiger partial charge in [-0.15, -0.1) is 24.0 Å². The highest BCUT2D eigenvalue weighted by Gasteiger charge is 2.03. The molecule has 0 amide bonds. The zero-order valence-corrected chi connectivity index (χ0v) is 14.5. The van der Waals surface area contributed by atoms with Gasteiger partial charge in [0.1, 0.15) is 0 Å². The van der Waals surface area contributed by atoms with E-state index in [1.807, 2.05) is 7.05 Å². The van der Waals surface area contributed by atoms with E-state index in [9.17, 15) is 0 Å². The molecule has 0 saturated heterocycles. The average molecular weight is 381 g/mol. The molecule has 4 nitrogen and oxygen atoms in total. The van der Waals surface area contributed by atoms with Gasteiger partial charge in [0.15, 0.2) is 5.96 Å². The summed E-state index contributed by atoms with van der Waals surface area (Å²) < 4.78 is 5.29. The zero-order chi connectivity index (χ0) is 13.1. The number of aliphatic imine (C=N–C) groups is 1. The molecule has 0 aromatic rings. The van der Waals surface area contributed by atoms with Gasteiger partial charge in [0.25, 0.3) is 0 Å². The molecule has 0 saturated carbocycles. The van der Waals surface area contributed by atoms with Crippen molar-refractivity contribution in [3.8, 4) is 0 Å². The first-order valence-electron chi connectivity index (χ1n) is 7.07. The fourth-order valence-corrected chi connectivity index (χ4v) is 1.94. The summed E-state index contributed by atoms with van der Waals surface area (Å²) in [5, 5.41) is 6.69. The highest BCUT2D eigenvalue weighted by molar-refractivity contribution is 14.0. The molecule has 0 spiro atoms. The van der Waals surface area contributed by atoms with Crippen molar-refractivity contribution in [2.24, 2.45) is 4.99 Å². The van der Waals surface area contributed by atoms with Crippen LogP contribution < -0.4 is 10.6 Å². The Labute approximate surface area is 134 Å². The van der Waals surface area contributed by atoms with Crippen LogP contribution in [0.25, 0.3) is 0 Å². The van der Waals surface area contributed by atoms with Gasteiger partial charge >= 0.3 is 0 Å². The summed E-state index contributed by atoms with van der Waals surface area (Å²) in [5.41, 5.74) is 1.50. The Morgan fingerprint density at radius 3 is 2.74 bits per heavy atom. The van der Waals surface area contributed by atoms with Crippen molar-refractivity contribution in [1.82, 2.24) is 10.6 Å². The molecule has 0 fully saturated rings. The number of rotatable bonds is 7. The van der Waals surface area contributed by atoms with Gasteiger partial charge in [-0.25, -0.2) is 0 Å².